The Balaban J connectivity index is 2.61. The SMILES string of the molecule is CC(C)c1cc(N(C=O)c2ccccc2)cc(C(C)C)c1N. The van der Waals surface area contributed by atoms with Crippen molar-refractivity contribution in [1.82, 2.24) is 0 Å². The van der Waals surface area contributed by atoms with Crippen LogP contribution >= 0.6 is 0 Å². The van der Waals surface area contributed by atoms with Crippen LogP contribution in [0.4, 0.5) is 17.1 Å². The molecule has 0 unspecified atom stereocenters. The van der Waals surface area contributed by atoms with E-state index in [1.165, 1.54) is 0 Å². The molecule has 2 rings (SSSR count). The summed E-state index contributed by atoms with van der Waals surface area (Å²) in [4.78, 5) is 13.3. The van der Waals surface area contributed by atoms with Gasteiger partial charge in [-0.1, -0.05) is 45.9 Å². The highest BCUT2D eigenvalue weighted by atomic mass is 16.1. The van der Waals surface area contributed by atoms with Crippen molar-refractivity contribution in [2.24, 2.45) is 0 Å². The van der Waals surface area contributed by atoms with Gasteiger partial charge in [-0.15, -0.1) is 0 Å². The smallest absolute Gasteiger partial charge is 0.218 e. The van der Waals surface area contributed by atoms with Gasteiger partial charge in [-0.25, -0.2) is 0 Å². The van der Waals surface area contributed by atoms with Crippen LogP contribution in [0.15, 0.2) is 42.5 Å². The van der Waals surface area contributed by atoms with Gasteiger partial charge in [0.25, 0.3) is 0 Å². The predicted molar refractivity (Wildman–Crippen MR) is 93.7 cm³/mol. The fourth-order valence-corrected chi connectivity index (χ4v) is 2.64. The number of nitrogens with two attached hydrogens (primary N) is 1. The average Bonchev–Trinajstić information content (AvgIpc) is 2.49. The maximum Gasteiger partial charge on any atom is 0.218 e. The van der Waals surface area contributed by atoms with Crippen molar-refractivity contribution in [3.05, 3.63) is 53.6 Å². The van der Waals surface area contributed by atoms with Gasteiger partial charge >= 0.3 is 0 Å². The van der Waals surface area contributed by atoms with E-state index < -0.39 is 0 Å². The van der Waals surface area contributed by atoms with Gasteiger partial charge in [0.05, 0.1) is 0 Å². The lowest BCUT2D eigenvalue weighted by Gasteiger charge is -2.23. The molecule has 3 heteroatoms. The molecule has 0 aliphatic heterocycles. The second-order valence-electron chi connectivity index (χ2n) is 6.16. The van der Waals surface area contributed by atoms with Crippen LogP contribution in [0.1, 0.15) is 50.7 Å². The summed E-state index contributed by atoms with van der Waals surface area (Å²) in [6.45, 7) is 8.47. The molecule has 0 aliphatic rings. The summed E-state index contributed by atoms with van der Waals surface area (Å²) in [6, 6.07) is 13.7. The van der Waals surface area contributed by atoms with Crippen LogP contribution in [-0.4, -0.2) is 6.41 Å². The van der Waals surface area contributed by atoms with Crippen molar-refractivity contribution >= 4 is 23.5 Å². The van der Waals surface area contributed by atoms with E-state index in [0.29, 0.717) is 11.8 Å². The predicted octanol–water partition coefficient (Wildman–Crippen LogP) is 4.81. The molecular formula is C19H24N2O. The van der Waals surface area contributed by atoms with Crippen molar-refractivity contribution in [2.45, 2.75) is 39.5 Å². The van der Waals surface area contributed by atoms with Crippen molar-refractivity contribution in [2.75, 3.05) is 10.6 Å². The van der Waals surface area contributed by atoms with Crippen molar-refractivity contribution in [3.8, 4) is 0 Å². The van der Waals surface area contributed by atoms with Gasteiger partial charge in [0.1, 0.15) is 0 Å². The Kier molecular flexibility index (Phi) is 4.86. The number of nitrogens with zero attached hydrogens (tertiary/aromatic N) is 1. The van der Waals surface area contributed by atoms with Gasteiger partial charge in [-0.3, -0.25) is 9.69 Å². The first kappa shape index (κ1) is 16.1. The third kappa shape index (κ3) is 3.14. The van der Waals surface area contributed by atoms with Crippen LogP contribution < -0.4 is 10.6 Å². The number of benzene rings is 2. The van der Waals surface area contributed by atoms with Crippen molar-refractivity contribution in [1.29, 1.82) is 0 Å². The lowest BCUT2D eigenvalue weighted by molar-refractivity contribution is -0.106. The number of para-hydroxylation sites is 1. The highest BCUT2D eigenvalue weighted by Gasteiger charge is 2.17. The minimum absolute atomic E-state index is 0.307. The van der Waals surface area contributed by atoms with Gasteiger partial charge in [0.15, 0.2) is 0 Å². The zero-order valence-corrected chi connectivity index (χ0v) is 13.7. The quantitative estimate of drug-likeness (QED) is 0.635. The summed E-state index contributed by atoms with van der Waals surface area (Å²) in [7, 11) is 0. The second kappa shape index (κ2) is 6.65. The molecule has 0 aromatic heterocycles. The van der Waals surface area contributed by atoms with E-state index in [9.17, 15) is 4.79 Å². The van der Waals surface area contributed by atoms with E-state index in [1.807, 2.05) is 42.5 Å². The van der Waals surface area contributed by atoms with Gasteiger partial charge in [0.2, 0.25) is 6.41 Å². The Hall–Kier alpha value is -2.29. The van der Waals surface area contributed by atoms with Crippen LogP contribution in [0, 0.1) is 0 Å². The van der Waals surface area contributed by atoms with Gasteiger partial charge in [-0.2, -0.15) is 0 Å². The van der Waals surface area contributed by atoms with Crippen LogP contribution in [0.5, 0.6) is 0 Å². The average molecular weight is 296 g/mol. The van der Waals surface area contributed by atoms with E-state index in [1.54, 1.807) is 4.90 Å². The van der Waals surface area contributed by atoms with Crippen LogP contribution in [0.25, 0.3) is 0 Å². The molecule has 2 aromatic carbocycles. The Morgan fingerprint density at radius 1 is 0.909 bits per heavy atom. The molecule has 0 heterocycles. The molecule has 0 saturated carbocycles. The van der Waals surface area contributed by atoms with Crippen LogP contribution in [0.3, 0.4) is 0 Å². The van der Waals surface area contributed by atoms with E-state index in [4.69, 9.17) is 5.73 Å². The molecule has 116 valence electrons. The molecule has 2 aromatic rings. The van der Waals surface area contributed by atoms with Crippen molar-refractivity contribution in [3.63, 3.8) is 0 Å². The first-order valence-corrected chi connectivity index (χ1v) is 7.68. The van der Waals surface area contributed by atoms with E-state index in [0.717, 1.165) is 34.6 Å². The summed E-state index contributed by atoms with van der Waals surface area (Å²) < 4.78 is 0. The molecule has 0 atom stereocenters. The van der Waals surface area contributed by atoms with Crippen LogP contribution in [-0.2, 0) is 4.79 Å². The number of rotatable bonds is 5. The van der Waals surface area contributed by atoms with E-state index in [-0.39, 0.29) is 0 Å². The molecule has 0 fully saturated rings. The highest BCUT2D eigenvalue weighted by molar-refractivity contribution is 5.87. The van der Waals surface area contributed by atoms with E-state index >= 15 is 0 Å². The highest BCUT2D eigenvalue weighted by Crippen LogP contribution is 2.36. The summed E-state index contributed by atoms with van der Waals surface area (Å²) in [5, 5.41) is 0. The molecule has 2 N–H and O–H groups in total. The zero-order chi connectivity index (χ0) is 16.3. The zero-order valence-electron chi connectivity index (χ0n) is 13.7. The van der Waals surface area contributed by atoms with Gasteiger partial charge in [-0.05, 0) is 47.2 Å². The maximum absolute atomic E-state index is 11.6. The molecule has 0 radical (unpaired) electrons. The van der Waals surface area contributed by atoms with Crippen molar-refractivity contribution < 1.29 is 4.79 Å². The number of nitrogen functional groups attached to an aromatic ring is 1. The normalized spacial score (nSPS) is 11.0. The van der Waals surface area contributed by atoms with Gasteiger partial charge in [0, 0.05) is 17.1 Å². The molecule has 0 bridgehead atoms. The Bertz CT molecular complexity index is 619. The summed E-state index contributed by atoms with van der Waals surface area (Å²) in [5.41, 5.74) is 11.1. The molecular weight excluding hydrogens is 272 g/mol. The number of anilines is 3. The molecule has 3 nitrogen and oxygen atoms in total. The largest absolute Gasteiger partial charge is 0.398 e. The fourth-order valence-electron chi connectivity index (χ4n) is 2.64. The minimum atomic E-state index is 0.307. The summed E-state index contributed by atoms with van der Waals surface area (Å²) in [6.07, 6.45) is 0.856. The fraction of sp³-hybridized carbons (Fsp3) is 0.316. The van der Waals surface area contributed by atoms with Gasteiger partial charge < -0.3 is 5.73 Å². The lowest BCUT2D eigenvalue weighted by Crippen LogP contribution is -2.16. The topological polar surface area (TPSA) is 46.3 Å². The lowest BCUT2D eigenvalue weighted by atomic mass is 9.92. The number of hydrogen-bond donors (Lipinski definition) is 1. The molecule has 0 saturated heterocycles. The van der Waals surface area contributed by atoms with Crippen LogP contribution in [0.2, 0.25) is 0 Å². The third-order valence-corrected chi connectivity index (χ3v) is 3.89. The Morgan fingerprint density at radius 3 is 1.82 bits per heavy atom. The second-order valence-corrected chi connectivity index (χ2v) is 6.16. The number of hydrogen-bond acceptors (Lipinski definition) is 2. The standard InChI is InChI=1S/C19H24N2O/c1-13(2)17-10-16(11-18(14(3)4)19(17)20)21(12-22)15-8-6-5-7-9-15/h5-14H,20H2,1-4H3. The minimum Gasteiger partial charge on any atom is -0.398 e. The molecule has 0 aliphatic carbocycles. The first-order valence-electron chi connectivity index (χ1n) is 7.68. The Labute approximate surface area is 132 Å². The number of carbonyl (C=O) groups excluding carboxylic acids is 1. The monoisotopic (exact) mass is 296 g/mol. The van der Waals surface area contributed by atoms with E-state index in [2.05, 4.69) is 27.7 Å². The molecule has 1 amide bonds. The Morgan fingerprint density at radius 2 is 1.41 bits per heavy atom. The summed E-state index contributed by atoms with van der Waals surface area (Å²) >= 11 is 0. The third-order valence-electron chi connectivity index (χ3n) is 3.89. The molecule has 22 heavy (non-hydrogen) atoms. The summed E-state index contributed by atoms with van der Waals surface area (Å²) in [5.74, 6) is 0.614. The maximum atomic E-state index is 11.6. The number of carbonyl (C=O) groups is 1. The number of amides is 1. The first-order chi connectivity index (χ1) is 10.5. The molecule has 0 spiro atoms.